The van der Waals surface area contributed by atoms with Crippen molar-refractivity contribution in [3.8, 4) is 0 Å². The zero-order chi connectivity index (χ0) is 15.9. The van der Waals surface area contributed by atoms with Crippen molar-refractivity contribution in [1.82, 2.24) is 9.97 Å². The maximum atomic E-state index is 12.9. The molecular weight excluding hydrogens is 282 g/mol. The zero-order valence-electron chi connectivity index (χ0n) is 12.1. The number of alkyl halides is 2. The molecule has 0 spiro atoms. The Morgan fingerprint density at radius 1 is 1.33 bits per heavy atom. The maximum Gasteiger partial charge on any atom is 0.414 e. The summed E-state index contributed by atoms with van der Waals surface area (Å²) in [5.74, 6) is -2.70. The molecule has 1 aliphatic rings. The Morgan fingerprint density at radius 2 is 1.86 bits per heavy atom. The summed E-state index contributed by atoms with van der Waals surface area (Å²) >= 11 is 0. The standard InChI is InChI=1S/C13H18F2N4O2/c1-11(2,3)21-10(20)19-9-17-4-8(5-18-9)12(16)6-13(14,15)7-12/h4-5H,6-7,16H2,1-3H3,(H,17,18,19,20). The molecule has 116 valence electrons. The van der Waals surface area contributed by atoms with Gasteiger partial charge >= 0.3 is 6.09 Å². The van der Waals surface area contributed by atoms with Gasteiger partial charge in [0, 0.05) is 30.8 Å². The van der Waals surface area contributed by atoms with Crippen LogP contribution in [0, 0.1) is 0 Å². The summed E-state index contributed by atoms with van der Waals surface area (Å²) in [5, 5.41) is 2.36. The molecule has 3 N–H and O–H groups in total. The van der Waals surface area contributed by atoms with Gasteiger partial charge < -0.3 is 10.5 Å². The van der Waals surface area contributed by atoms with Gasteiger partial charge in [0.25, 0.3) is 5.92 Å². The van der Waals surface area contributed by atoms with E-state index in [2.05, 4.69) is 15.3 Å². The fourth-order valence-electron chi connectivity index (χ4n) is 2.12. The van der Waals surface area contributed by atoms with Crippen LogP contribution in [-0.4, -0.2) is 27.6 Å². The second kappa shape index (κ2) is 4.87. The zero-order valence-corrected chi connectivity index (χ0v) is 12.1. The van der Waals surface area contributed by atoms with E-state index in [0.29, 0.717) is 5.56 Å². The monoisotopic (exact) mass is 300 g/mol. The van der Waals surface area contributed by atoms with Gasteiger partial charge in [0.1, 0.15) is 5.60 Å². The number of carbonyl (C=O) groups is 1. The van der Waals surface area contributed by atoms with Gasteiger partial charge in [-0.05, 0) is 20.8 Å². The summed E-state index contributed by atoms with van der Waals surface area (Å²) in [6.07, 6.45) is 1.14. The summed E-state index contributed by atoms with van der Waals surface area (Å²) in [5.41, 5.74) is 4.54. The van der Waals surface area contributed by atoms with Gasteiger partial charge in [-0.25, -0.2) is 23.5 Å². The first-order chi connectivity index (χ1) is 9.49. The Kier molecular flexibility index (Phi) is 3.61. The quantitative estimate of drug-likeness (QED) is 0.875. The Bertz CT molecular complexity index is 532. The van der Waals surface area contributed by atoms with Crippen LogP contribution < -0.4 is 11.1 Å². The molecule has 0 aromatic carbocycles. The van der Waals surface area contributed by atoms with E-state index in [1.807, 2.05) is 0 Å². The maximum absolute atomic E-state index is 12.9. The molecule has 1 aromatic heterocycles. The molecule has 6 nitrogen and oxygen atoms in total. The van der Waals surface area contributed by atoms with E-state index < -0.39 is 36.0 Å². The lowest BCUT2D eigenvalue weighted by Crippen LogP contribution is -2.55. The minimum absolute atomic E-state index is 0.0303. The number of nitrogens with two attached hydrogens (primary N) is 1. The van der Waals surface area contributed by atoms with Crippen molar-refractivity contribution in [2.45, 2.75) is 50.7 Å². The third-order valence-corrected chi connectivity index (χ3v) is 2.99. The largest absolute Gasteiger partial charge is 0.444 e. The molecule has 0 bridgehead atoms. The van der Waals surface area contributed by atoms with Crippen LogP contribution in [0.4, 0.5) is 19.5 Å². The molecule has 1 fully saturated rings. The third kappa shape index (κ3) is 3.84. The van der Waals surface area contributed by atoms with Gasteiger partial charge in [0.2, 0.25) is 5.95 Å². The van der Waals surface area contributed by atoms with Crippen LogP contribution in [0.15, 0.2) is 12.4 Å². The molecule has 8 heteroatoms. The third-order valence-electron chi connectivity index (χ3n) is 2.99. The molecule has 1 aliphatic carbocycles. The first-order valence-corrected chi connectivity index (χ1v) is 6.48. The van der Waals surface area contributed by atoms with Gasteiger partial charge in [-0.3, -0.25) is 5.32 Å². The molecule has 0 aliphatic heterocycles. The molecule has 0 atom stereocenters. The number of amides is 1. The molecule has 1 aromatic rings. The van der Waals surface area contributed by atoms with Gasteiger partial charge in [0.05, 0.1) is 5.54 Å². The SMILES string of the molecule is CC(C)(C)OC(=O)Nc1ncc(C2(N)CC(F)(F)C2)cn1. The molecule has 1 amide bonds. The number of halogens is 2. The van der Waals surface area contributed by atoms with Gasteiger partial charge in [-0.1, -0.05) is 0 Å². The van der Waals surface area contributed by atoms with Crippen molar-refractivity contribution >= 4 is 12.0 Å². The van der Waals surface area contributed by atoms with Crippen LogP contribution >= 0.6 is 0 Å². The summed E-state index contributed by atoms with van der Waals surface area (Å²) in [6.45, 7) is 5.18. The smallest absolute Gasteiger partial charge is 0.414 e. The molecular formula is C13H18F2N4O2. The summed E-state index contributed by atoms with van der Waals surface area (Å²) in [4.78, 5) is 19.3. The summed E-state index contributed by atoms with van der Waals surface area (Å²) < 4.78 is 30.9. The van der Waals surface area contributed by atoms with E-state index in [-0.39, 0.29) is 5.95 Å². The normalized spacial score (nSPS) is 19.5. The van der Waals surface area contributed by atoms with Crippen molar-refractivity contribution in [3.05, 3.63) is 18.0 Å². The number of carbonyl (C=O) groups excluding carboxylic acids is 1. The second-order valence-electron chi connectivity index (χ2n) is 6.29. The number of nitrogens with zero attached hydrogens (tertiary/aromatic N) is 2. The average Bonchev–Trinajstić information content (AvgIpc) is 2.24. The molecule has 0 saturated heterocycles. The number of anilines is 1. The first-order valence-electron chi connectivity index (χ1n) is 6.48. The Labute approximate surface area is 121 Å². The van der Waals surface area contributed by atoms with Crippen molar-refractivity contribution < 1.29 is 18.3 Å². The highest BCUT2D eigenvalue weighted by molar-refractivity contribution is 5.82. The molecule has 1 saturated carbocycles. The van der Waals surface area contributed by atoms with Crippen LogP contribution in [0.1, 0.15) is 39.2 Å². The lowest BCUT2D eigenvalue weighted by atomic mass is 9.71. The fraction of sp³-hybridized carbons (Fsp3) is 0.615. The topological polar surface area (TPSA) is 90.1 Å². The Hall–Kier alpha value is -1.83. The number of hydrogen-bond acceptors (Lipinski definition) is 5. The van der Waals surface area contributed by atoms with Crippen LogP contribution in [-0.2, 0) is 10.3 Å². The van der Waals surface area contributed by atoms with Crippen LogP contribution in [0.5, 0.6) is 0 Å². The minimum atomic E-state index is -2.73. The highest BCUT2D eigenvalue weighted by Crippen LogP contribution is 2.49. The van der Waals surface area contributed by atoms with E-state index in [9.17, 15) is 13.6 Å². The van der Waals surface area contributed by atoms with E-state index >= 15 is 0 Å². The van der Waals surface area contributed by atoms with Crippen LogP contribution in [0.25, 0.3) is 0 Å². The van der Waals surface area contributed by atoms with Crippen molar-refractivity contribution in [1.29, 1.82) is 0 Å². The molecule has 21 heavy (non-hydrogen) atoms. The number of aromatic nitrogens is 2. The average molecular weight is 300 g/mol. The van der Waals surface area contributed by atoms with Crippen LogP contribution in [0.3, 0.4) is 0 Å². The van der Waals surface area contributed by atoms with Crippen molar-refractivity contribution in [2.75, 3.05) is 5.32 Å². The molecule has 0 unspecified atom stereocenters. The van der Waals surface area contributed by atoms with E-state index in [1.54, 1.807) is 20.8 Å². The van der Waals surface area contributed by atoms with Gasteiger partial charge in [-0.15, -0.1) is 0 Å². The molecule has 0 radical (unpaired) electrons. The second-order valence-corrected chi connectivity index (χ2v) is 6.29. The predicted molar refractivity (Wildman–Crippen MR) is 71.9 cm³/mol. The molecule has 1 heterocycles. The number of ether oxygens (including phenoxy) is 1. The van der Waals surface area contributed by atoms with E-state index in [0.717, 1.165) is 0 Å². The number of rotatable bonds is 2. The molecule has 2 rings (SSSR count). The predicted octanol–water partition coefficient (Wildman–Crippen LogP) is 2.41. The van der Waals surface area contributed by atoms with E-state index in [4.69, 9.17) is 10.5 Å². The number of hydrogen-bond donors (Lipinski definition) is 2. The van der Waals surface area contributed by atoms with Crippen LogP contribution in [0.2, 0.25) is 0 Å². The van der Waals surface area contributed by atoms with Gasteiger partial charge in [0.15, 0.2) is 0 Å². The Balaban J connectivity index is 1.99. The highest BCUT2D eigenvalue weighted by Gasteiger charge is 2.55. The van der Waals surface area contributed by atoms with Gasteiger partial charge in [-0.2, -0.15) is 0 Å². The van der Waals surface area contributed by atoms with Crippen molar-refractivity contribution in [2.24, 2.45) is 5.73 Å². The lowest BCUT2D eigenvalue weighted by Gasteiger charge is -2.44. The highest BCUT2D eigenvalue weighted by atomic mass is 19.3. The lowest BCUT2D eigenvalue weighted by molar-refractivity contribution is -0.125. The summed E-state index contributed by atoms with van der Waals surface area (Å²) in [7, 11) is 0. The first kappa shape index (κ1) is 15.6. The Morgan fingerprint density at radius 3 is 2.29 bits per heavy atom. The fourth-order valence-corrected chi connectivity index (χ4v) is 2.12. The van der Waals surface area contributed by atoms with E-state index in [1.165, 1.54) is 12.4 Å². The number of nitrogens with one attached hydrogen (secondary N) is 1. The summed E-state index contributed by atoms with van der Waals surface area (Å²) in [6, 6.07) is 0. The minimum Gasteiger partial charge on any atom is -0.444 e. The van der Waals surface area contributed by atoms with Crippen molar-refractivity contribution in [3.63, 3.8) is 0 Å².